The Balaban J connectivity index is 0.00000156. The summed E-state index contributed by atoms with van der Waals surface area (Å²) in [6.07, 6.45) is 1.45. The van der Waals surface area contributed by atoms with Gasteiger partial charge >= 0.3 is 35.5 Å². The fourth-order valence-electron chi connectivity index (χ4n) is 2.39. The summed E-state index contributed by atoms with van der Waals surface area (Å²) >= 11 is 0. The van der Waals surface area contributed by atoms with Crippen LogP contribution >= 0.6 is 0 Å². The quantitative estimate of drug-likeness (QED) is 0.732. The second-order valence-corrected chi connectivity index (χ2v) is 4.97. The Hall–Kier alpha value is -2.45. The summed E-state index contributed by atoms with van der Waals surface area (Å²) in [7, 11) is 0. The summed E-state index contributed by atoms with van der Waals surface area (Å²) < 4.78 is 0. The number of carbonyl (C=O) groups is 1. The molecule has 0 fully saturated rings. The molecule has 0 aliphatic heterocycles. The van der Waals surface area contributed by atoms with Gasteiger partial charge in [0.25, 0.3) is 0 Å². The molecule has 0 bridgehead atoms. The van der Waals surface area contributed by atoms with E-state index in [9.17, 15) is 10.1 Å². The zero-order valence-electron chi connectivity index (χ0n) is 14.1. The summed E-state index contributed by atoms with van der Waals surface area (Å²) in [5.41, 5.74) is 3.73. The van der Waals surface area contributed by atoms with Crippen molar-refractivity contribution in [2.75, 3.05) is 0 Å². The second-order valence-electron chi connectivity index (χ2n) is 4.97. The summed E-state index contributed by atoms with van der Waals surface area (Å²) in [5.74, 6) is -1.00. The molecule has 5 heteroatoms. The first kappa shape index (κ1) is 17.9. The molecule has 4 nitrogen and oxygen atoms in total. The van der Waals surface area contributed by atoms with Crippen LogP contribution in [0.2, 0.25) is 0 Å². The Labute approximate surface area is 163 Å². The number of pyridine rings is 1. The number of aromatic carboxylic acids is 1. The van der Waals surface area contributed by atoms with Crippen LogP contribution in [0, 0.1) is 11.3 Å². The van der Waals surface area contributed by atoms with Gasteiger partial charge < -0.3 is 6.53 Å². The summed E-state index contributed by atoms with van der Waals surface area (Å²) in [5, 5.41) is 18.5. The van der Waals surface area contributed by atoms with Gasteiger partial charge in [0.15, 0.2) is 0 Å². The first-order chi connectivity index (χ1) is 11.2. The molecule has 1 heterocycles. The minimum atomic E-state index is -1.00. The zero-order chi connectivity index (χ0) is 16.2. The summed E-state index contributed by atoms with van der Waals surface area (Å²) in [6, 6.07) is 20.2. The molecule has 0 amide bonds. The largest absolute Gasteiger partial charge is 1.00 e. The number of benzene rings is 2. The predicted molar refractivity (Wildman–Crippen MR) is 87.9 cm³/mol. The zero-order valence-corrected chi connectivity index (χ0v) is 15.1. The number of carboxylic acids is 1. The smallest absolute Gasteiger partial charge is 1.00 e. The van der Waals surface area contributed by atoms with Crippen molar-refractivity contribution >= 4 is 5.97 Å². The normalized spacial score (nSPS) is 9.62. The molecule has 24 heavy (non-hydrogen) atoms. The number of aromatic nitrogens is 1. The van der Waals surface area contributed by atoms with Crippen LogP contribution in [-0.4, -0.2) is 16.1 Å². The van der Waals surface area contributed by atoms with Gasteiger partial charge in [0, 0.05) is 11.8 Å². The van der Waals surface area contributed by atoms with E-state index in [1.807, 2.05) is 42.5 Å². The Morgan fingerprint density at radius 1 is 1.04 bits per heavy atom. The maximum absolute atomic E-state index is 11.1. The molecule has 3 rings (SSSR count). The minimum Gasteiger partial charge on any atom is -1.00 e. The van der Waals surface area contributed by atoms with Gasteiger partial charge in [-0.1, -0.05) is 42.5 Å². The van der Waals surface area contributed by atoms with Crippen LogP contribution in [0.15, 0.2) is 66.9 Å². The monoisotopic (exact) mass is 324 g/mol. The topological polar surface area (TPSA) is 74.0 Å². The van der Waals surface area contributed by atoms with E-state index in [-0.39, 0.29) is 36.5 Å². The molecule has 0 unspecified atom stereocenters. The van der Waals surface area contributed by atoms with Crippen molar-refractivity contribution in [3.63, 3.8) is 0 Å². The van der Waals surface area contributed by atoms with Crippen LogP contribution in [0.4, 0.5) is 0 Å². The van der Waals surface area contributed by atoms with Crippen molar-refractivity contribution in [3.05, 3.63) is 78.0 Å². The number of carboxylic acid groups (broad SMARTS) is 1. The van der Waals surface area contributed by atoms with Gasteiger partial charge in [-0.05, 0) is 29.3 Å². The fourth-order valence-corrected chi connectivity index (χ4v) is 2.39. The van der Waals surface area contributed by atoms with E-state index in [0.29, 0.717) is 16.8 Å². The molecule has 0 spiro atoms. The van der Waals surface area contributed by atoms with Gasteiger partial charge in [-0.25, -0.2) is 4.79 Å². The van der Waals surface area contributed by atoms with Gasteiger partial charge in [0.1, 0.15) is 0 Å². The molecule has 0 atom stereocenters. The first-order valence-corrected chi connectivity index (χ1v) is 6.98. The molecule has 1 aromatic heterocycles. The summed E-state index contributed by atoms with van der Waals surface area (Å²) in [4.78, 5) is 15.3. The third-order valence-electron chi connectivity index (χ3n) is 3.53. The number of hydrogen-bond donors (Lipinski definition) is 1. The predicted octanol–water partition coefficient (Wildman–Crippen LogP) is 1.10. The average molecular weight is 324 g/mol. The van der Waals surface area contributed by atoms with Gasteiger partial charge in [-0.3, -0.25) is 4.98 Å². The molecule has 0 radical (unpaired) electrons. The van der Waals surface area contributed by atoms with Crippen molar-refractivity contribution < 1.29 is 40.9 Å². The number of nitriles is 1. The van der Waals surface area contributed by atoms with Crippen molar-refractivity contribution in [1.29, 1.82) is 5.26 Å². The Morgan fingerprint density at radius 3 is 2.46 bits per heavy atom. The molecule has 0 aliphatic carbocycles. The van der Waals surface area contributed by atoms with Crippen LogP contribution in [-0.2, 0) is 0 Å². The fraction of sp³-hybridized carbons (Fsp3) is 0. The van der Waals surface area contributed by atoms with Crippen LogP contribution in [0.1, 0.15) is 17.3 Å². The molecule has 0 saturated carbocycles. The maximum atomic E-state index is 11.1. The number of rotatable bonds is 3. The first-order valence-electron chi connectivity index (χ1n) is 6.98. The molecule has 112 valence electrons. The standard InChI is InChI=1S/C19H12N2O2.Na.H/c20-12-16-10-14(18-11-15(19(22)23)8-9-21-18)6-7-17(16)13-4-2-1-3-5-13;;/h1-11H,(H,22,23);;/q;+1;-1. The molecule has 0 aliphatic rings. The van der Waals surface area contributed by atoms with Crippen LogP contribution in [0.3, 0.4) is 0 Å². The minimum absolute atomic E-state index is 0. The van der Waals surface area contributed by atoms with E-state index in [1.54, 1.807) is 6.07 Å². The third kappa shape index (κ3) is 3.72. The van der Waals surface area contributed by atoms with Crippen molar-refractivity contribution in [2.24, 2.45) is 0 Å². The van der Waals surface area contributed by atoms with Crippen LogP contribution in [0.25, 0.3) is 22.4 Å². The number of nitrogens with zero attached hydrogens (tertiary/aromatic N) is 2. The molecular formula is C19H13N2NaO2. The number of hydrogen-bond acceptors (Lipinski definition) is 3. The SMILES string of the molecule is N#Cc1cc(-c2cc(C(=O)O)ccn2)ccc1-c1ccccc1.[H-].[Na+]. The van der Waals surface area contributed by atoms with E-state index in [0.717, 1.165) is 11.1 Å². The third-order valence-corrected chi connectivity index (χ3v) is 3.53. The Kier molecular flexibility index (Phi) is 5.88. The van der Waals surface area contributed by atoms with E-state index in [2.05, 4.69) is 11.1 Å². The molecule has 0 saturated heterocycles. The van der Waals surface area contributed by atoms with E-state index in [4.69, 9.17) is 5.11 Å². The molecule has 2 aromatic carbocycles. The Bertz CT molecular complexity index is 924. The van der Waals surface area contributed by atoms with Crippen LogP contribution < -0.4 is 29.6 Å². The summed E-state index contributed by atoms with van der Waals surface area (Å²) in [6.45, 7) is 0. The van der Waals surface area contributed by atoms with Crippen LogP contribution in [0.5, 0.6) is 0 Å². The van der Waals surface area contributed by atoms with Gasteiger partial charge in [0.05, 0.1) is 22.9 Å². The van der Waals surface area contributed by atoms with Gasteiger partial charge in [0.2, 0.25) is 0 Å². The van der Waals surface area contributed by atoms with Gasteiger partial charge in [-0.2, -0.15) is 5.26 Å². The van der Waals surface area contributed by atoms with E-state index in [1.165, 1.54) is 18.3 Å². The van der Waals surface area contributed by atoms with Crippen molar-refractivity contribution in [3.8, 4) is 28.5 Å². The van der Waals surface area contributed by atoms with Crippen molar-refractivity contribution in [1.82, 2.24) is 4.98 Å². The van der Waals surface area contributed by atoms with E-state index < -0.39 is 5.97 Å². The van der Waals surface area contributed by atoms with Gasteiger partial charge in [-0.15, -0.1) is 0 Å². The second kappa shape index (κ2) is 7.89. The van der Waals surface area contributed by atoms with Crippen molar-refractivity contribution in [2.45, 2.75) is 0 Å². The molecule has 3 aromatic rings. The average Bonchev–Trinajstić information content (AvgIpc) is 2.62. The molecule has 1 N–H and O–H groups in total. The Morgan fingerprint density at radius 2 is 1.79 bits per heavy atom. The van der Waals surface area contributed by atoms with E-state index >= 15 is 0 Å². The maximum Gasteiger partial charge on any atom is 1.00 e. The molecular weight excluding hydrogens is 311 g/mol.